The lowest BCUT2D eigenvalue weighted by Crippen LogP contribution is -2.14. The molecule has 94 valence electrons. The number of benzene rings is 1. The van der Waals surface area contributed by atoms with Crippen LogP contribution in [-0.2, 0) is 0 Å². The monoisotopic (exact) mass is 317 g/mol. The molecule has 1 aromatic carbocycles. The van der Waals surface area contributed by atoms with Gasteiger partial charge in [-0.3, -0.25) is 4.79 Å². The Labute approximate surface area is 116 Å². The number of para-hydroxylation sites is 1. The van der Waals surface area contributed by atoms with Crippen molar-refractivity contribution in [3.05, 3.63) is 47.2 Å². The lowest BCUT2D eigenvalue weighted by atomic mass is 10.2. The normalized spacial score (nSPS) is 10.6. The van der Waals surface area contributed by atoms with Crippen LogP contribution in [0.5, 0.6) is 0 Å². The number of carbonyl (C=O) groups excluding carboxylic acids is 1. The van der Waals surface area contributed by atoms with Crippen LogP contribution < -0.4 is 5.32 Å². The molecule has 19 heavy (non-hydrogen) atoms. The summed E-state index contributed by atoms with van der Waals surface area (Å²) in [6.45, 7) is 0. The summed E-state index contributed by atoms with van der Waals surface area (Å²) in [5.41, 5.74) is 2.45. The Morgan fingerprint density at radius 2 is 2.11 bits per heavy atom. The first-order chi connectivity index (χ1) is 9.24. The number of fused-ring (bicyclic) bond motifs is 1. The van der Waals surface area contributed by atoms with Crippen LogP contribution in [0.15, 0.2) is 41.5 Å². The van der Waals surface area contributed by atoms with Crippen molar-refractivity contribution in [2.75, 3.05) is 5.32 Å². The SMILES string of the molecule is O=C(Nc1cccc2[nH]cnc12)c1cnc(Br)cn1. The molecule has 0 spiro atoms. The minimum absolute atomic E-state index is 0.246. The first-order valence-corrected chi connectivity index (χ1v) is 6.24. The van der Waals surface area contributed by atoms with E-state index in [1.807, 2.05) is 12.1 Å². The summed E-state index contributed by atoms with van der Waals surface area (Å²) in [7, 11) is 0. The number of halogens is 1. The molecular weight excluding hydrogens is 310 g/mol. The third kappa shape index (κ3) is 2.32. The zero-order valence-corrected chi connectivity index (χ0v) is 11.2. The highest BCUT2D eigenvalue weighted by molar-refractivity contribution is 9.10. The van der Waals surface area contributed by atoms with E-state index in [2.05, 4.69) is 41.2 Å². The molecule has 6 nitrogen and oxygen atoms in total. The van der Waals surface area contributed by atoms with Gasteiger partial charge >= 0.3 is 0 Å². The summed E-state index contributed by atoms with van der Waals surface area (Å²) in [6.07, 6.45) is 4.47. The van der Waals surface area contributed by atoms with Crippen molar-refractivity contribution < 1.29 is 4.79 Å². The second-order valence-corrected chi connectivity index (χ2v) is 4.60. The van der Waals surface area contributed by atoms with E-state index in [0.717, 1.165) is 5.52 Å². The van der Waals surface area contributed by atoms with Gasteiger partial charge < -0.3 is 10.3 Å². The summed E-state index contributed by atoms with van der Waals surface area (Å²) in [4.78, 5) is 27.1. The molecule has 0 radical (unpaired) electrons. The van der Waals surface area contributed by atoms with Gasteiger partial charge in [-0.1, -0.05) is 6.07 Å². The second-order valence-electron chi connectivity index (χ2n) is 3.78. The summed E-state index contributed by atoms with van der Waals surface area (Å²) in [5, 5.41) is 2.77. The van der Waals surface area contributed by atoms with Gasteiger partial charge in [0.2, 0.25) is 0 Å². The van der Waals surface area contributed by atoms with E-state index < -0.39 is 0 Å². The third-order valence-electron chi connectivity index (χ3n) is 2.55. The van der Waals surface area contributed by atoms with Gasteiger partial charge in [0.15, 0.2) is 0 Å². The average Bonchev–Trinajstić information content (AvgIpc) is 2.89. The van der Waals surface area contributed by atoms with E-state index >= 15 is 0 Å². The molecule has 7 heteroatoms. The largest absolute Gasteiger partial charge is 0.345 e. The van der Waals surface area contributed by atoms with E-state index in [1.54, 1.807) is 12.4 Å². The minimum Gasteiger partial charge on any atom is -0.345 e. The Hall–Kier alpha value is -2.28. The molecule has 0 unspecified atom stereocenters. The molecule has 0 aliphatic carbocycles. The Morgan fingerprint density at radius 3 is 2.89 bits per heavy atom. The predicted octanol–water partition coefficient (Wildman–Crippen LogP) is 2.37. The van der Waals surface area contributed by atoms with Crippen molar-refractivity contribution in [3.63, 3.8) is 0 Å². The number of aromatic amines is 1. The molecule has 0 atom stereocenters. The van der Waals surface area contributed by atoms with Crippen LogP contribution in [0.3, 0.4) is 0 Å². The van der Waals surface area contributed by atoms with E-state index in [9.17, 15) is 4.79 Å². The van der Waals surface area contributed by atoms with Crippen molar-refractivity contribution in [2.45, 2.75) is 0 Å². The fraction of sp³-hybridized carbons (Fsp3) is 0. The molecule has 1 amide bonds. The number of nitrogens with one attached hydrogen (secondary N) is 2. The van der Waals surface area contributed by atoms with Gasteiger partial charge in [-0.05, 0) is 28.1 Å². The number of rotatable bonds is 2. The van der Waals surface area contributed by atoms with Crippen molar-refractivity contribution >= 4 is 38.6 Å². The number of aromatic nitrogens is 4. The Kier molecular flexibility index (Phi) is 2.96. The smallest absolute Gasteiger partial charge is 0.275 e. The van der Waals surface area contributed by atoms with Gasteiger partial charge in [0.1, 0.15) is 15.8 Å². The molecule has 2 aromatic heterocycles. The highest BCUT2D eigenvalue weighted by Crippen LogP contribution is 2.20. The molecule has 3 aromatic rings. The van der Waals surface area contributed by atoms with Gasteiger partial charge in [-0.15, -0.1) is 0 Å². The number of H-pyrrole nitrogens is 1. The Morgan fingerprint density at radius 1 is 1.21 bits per heavy atom. The number of anilines is 1. The molecular formula is C12H8BrN5O. The van der Waals surface area contributed by atoms with Crippen LogP contribution in [0.1, 0.15) is 10.5 Å². The number of hydrogen-bond donors (Lipinski definition) is 2. The lowest BCUT2D eigenvalue weighted by Gasteiger charge is -2.04. The number of amides is 1. The highest BCUT2D eigenvalue weighted by atomic mass is 79.9. The number of carbonyl (C=O) groups is 1. The average molecular weight is 318 g/mol. The van der Waals surface area contributed by atoms with E-state index in [4.69, 9.17) is 0 Å². The number of hydrogen-bond acceptors (Lipinski definition) is 4. The summed E-state index contributed by atoms with van der Waals surface area (Å²) in [5.74, 6) is -0.324. The van der Waals surface area contributed by atoms with Crippen molar-refractivity contribution in [2.24, 2.45) is 0 Å². The van der Waals surface area contributed by atoms with Gasteiger partial charge in [0, 0.05) is 0 Å². The maximum Gasteiger partial charge on any atom is 0.275 e. The van der Waals surface area contributed by atoms with Crippen LogP contribution in [0.25, 0.3) is 11.0 Å². The summed E-state index contributed by atoms with van der Waals surface area (Å²) in [6, 6.07) is 5.51. The van der Waals surface area contributed by atoms with Crippen LogP contribution in [0, 0.1) is 0 Å². The maximum atomic E-state index is 12.0. The van der Waals surface area contributed by atoms with E-state index in [-0.39, 0.29) is 11.6 Å². The highest BCUT2D eigenvalue weighted by Gasteiger charge is 2.11. The molecule has 0 fully saturated rings. The molecule has 0 saturated carbocycles. The standard InChI is InChI=1S/C12H8BrN5O/c13-10-5-14-9(4-15-10)12(19)18-8-3-1-2-7-11(8)17-6-16-7/h1-6H,(H,16,17)(H,18,19). The van der Waals surface area contributed by atoms with Crippen LogP contribution in [0.2, 0.25) is 0 Å². The summed E-state index contributed by atoms with van der Waals surface area (Å²) < 4.78 is 0.582. The van der Waals surface area contributed by atoms with E-state index in [1.165, 1.54) is 12.4 Å². The topological polar surface area (TPSA) is 83.6 Å². The van der Waals surface area contributed by atoms with Crippen LogP contribution >= 0.6 is 15.9 Å². The van der Waals surface area contributed by atoms with E-state index in [0.29, 0.717) is 15.8 Å². The first kappa shape index (κ1) is 11.8. The molecule has 3 rings (SSSR count). The Bertz CT molecular complexity index is 737. The minimum atomic E-state index is -0.324. The second kappa shape index (κ2) is 4.77. The Balaban J connectivity index is 1.90. The van der Waals surface area contributed by atoms with Crippen molar-refractivity contribution in [1.29, 1.82) is 0 Å². The molecule has 2 heterocycles. The molecule has 2 N–H and O–H groups in total. The van der Waals surface area contributed by atoms with Gasteiger partial charge in [0.25, 0.3) is 5.91 Å². The molecule has 0 aliphatic rings. The lowest BCUT2D eigenvalue weighted by molar-refractivity contribution is 0.102. The number of imidazole rings is 1. The molecule has 0 aliphatic heterocycles. The zero-order chi connectivity index (χ0) is 13.2. The number of nitrogens with zero attached hydrogens (tertiary/aromatic N) is 3. The zero-order valence-electron chi connectivity index (χ0n) is 9.59. The maximum absolute atomic E-state index is 12.0. The molecule has 0 bridgehead atoms. The quantitative estimate of drug-likeness (QED) is 0.760. The predicted molar refractivity (Wildman–Crippen MR) is 73.8 cm³/mol. The summed E-state index contributed by atoms with van der Waals surface area (Å²) >= 11 is 3.17. The van der Waals surface area contributed by atoms with Gasteiger partial charge in [-0.25, -0.2) is 15.0 Å². The third-order valence-corrected chi connectivity index (χ3v) is 2.96. The van der Waals surface area contributed by atoms with Crippen molar-refractivity contribution in [3.8, 4) is 0 Å². The van der Waals surface area contributed by atoms with Crippen LogP contribution in [0.4, 0.5) is 5.69 Å². The van der Waals surface area contributed by atoms with Gasteiger partial charge in [-0.2, -0.15) is 0 Å². The van der Waals surface area contributed by atoms with Crippen molar-refractivity contribution in [1.82, 2.24) is 19.9 Å². The van der Waals surface area contributed by atoms with Crippen LogP contribution in [-0.4, -0.2) is 25.8 Å². The fourth-order valence-corrected chi connectivity index (χ4v) is 1.89. The van der Waals surface area contributed by atoms with Gasteiger partial charge in [0.05, 0.1) is 29.9 Å². The molecule has 0 saturated heterocycles. The fourth-order valence-electron chi connectivity index (χ4n) is 1.68. The first-order valence-electron chi connectivity index (χ1n) is 5.45.